The van der Waals surface area contributed by atoms with Crippen LogP contribution in [0.1, 0.15) is 57.6 Å². The van der Waals surface area contributed by atoms with Crippen LogP contribution in [-0.4, -0.2) is 0 Å². The van der Waals surface area contributed by atoms with Crippen molar-refractivity contribution in [2.75, 3.05) is 0 Å². The molecule has 1 aliphatic rings. The van der Waals surface area contributed by atoms with E-state index in [1.54, 1.807) is 5.57 Å². The molecule has 0 spiro atoms. The normalized spacial score (nSPS) is 16.8. The molecule has 0 heterocycles. The molecule has 0 fully saturated rings. The molecule has 0 heteroatoms. The highest BCUT2D eigenvalue weighted by Crippen LogP contribution is 2.28. The highest BCUT2D eigenvalue weighted by atomic mass is 14.2. The van der Waals surface area contributed by atoms with Crippen LogP contribution in [0.3, 0.4) is 0 Å². The quantitative estimate of drug-likeness (QED) is 0.650. The minimum atomic E-state index is 0.381. The second-order valence-electron chi connectivity index (χ2n) is 6.41. The van der Waals surface area contributed by atoms with E-state index in [1.165, 1.54) is 36.8 Å². The predicted octanol–water partition coefficient (Wildman–Crippen LogP) is 5.23. The fourth-order valence-electron chi connectivity index (χ4n) is 2.55. The van der Waals surface area contributed by atoms with Gasteiger partial charge in [-0.15, -0.1) is 0 Å². The van der Waals surface area contributed by atoms with E-state index in [2.05, 4.69) is 51.1 Å². The molecule has 1 aliphatic carbocycles. The smallest absolute Gasteiger partial charge is 0.0228 e. The molecule has 0 aromatic heterocycles. The first kappa shape index (κ1) is 12.4. The van der Waals surface area contributed by atoms with E-state index in [-0.39, 0.29) is 0 Å². The Morgan fingerprint density at radius 1 is 1.00 bits per heavy atom. The van der Waals surface area contributed by atoms with Crippen molar-refractivity contribution in [3.63, 3.8) is 0 Å². The Labute approximate surface area is 106 Å². The van der Waals surface area contributed by atoms with Gasteiger partial charge in [0, 0.05) is 0 Å². The summed E-state index contributed by atoms with van der Waals surface area (Å²) in [4.78, 5) is 0. The van der Waals surface area contributed by atoms with Crippen LogP contribution >= 0.6 is 0 Å². The van der Waals surface area contributed by atoms with Gasteiger partial charge in [0.2, 0.25) is 0 Å². The van der Waals surface area contributed by atoms with Gasteiger partial charge in [0.25, 0.3) is 0 Å². The summed E-state index contributed by atoms with van der Waals surface area (Å²) in [7, 11) is 0. The Balaban J connectivity index is 2.10. The zero-order valence-electron chi connectivity index (χ0n) is 11.4. The molecule has 0 bridgehead atoms. The van der Waals surface area contributed by atoms with Gasteiger partial charge in [-0.2, -0.15) is 0 Å². The van der Waals surface area contributed by atoms with Crippen LogP contribution in [0, 0.1) is 5.41 Å². The zero-order valence-corrected chi connectivity index (χ0v) is 11.4. The van der Waals surface area contributed by atoms with Crippen LogP contribution < -0.4 is 0 Å². The van der Waals surface area contributed by atoms with Crippen molar-refractivity contribution >= 4 is 5.57 Å². The van der Waals surface area contributed by atoms with E-state index >= 15 is 0 Å². The van der Waals surface area contributed by atoms with Crippen molar-refractivity contribution in [1.82, 2.24) is 0 Å². The van der Waals surface area contributed by atoms with Crippen LogP contribution in [0.5, 0.6) is 0 Å². The summed E-state index contributed by atoms with van der Waals surface area (Å²) < 4.78 is 0. The highest BCUT2D eigenvalue weighted by Gasteiger charge is 2.11. The SMILES string of the molecule is CC(C)(C)Cc1ccc(C2=CCCCC2)cc1. The Kier molecular flexibility index (Phi) is 3.71. The van der Waals surface area contributed by atoms with E-state index in [0.717, 1.165) is 6.42 Å². The second-order valence-corrected chi connectivity index (χ2v) is 6.41. The van der Waals surface area contributed by atoms with Crippen molar-refractivity contribution < 1.29 is 0 Å². The molecule has 0 unspecified atom stereocenters. The molecule has 2 rings (SSSR count). The number of hydrogen-bond donors (Lipinski definition) is 0. The van der Waals surface area contributed by atoms with Gasteiger partial charge in [0.05, 0.1) is 0 Å². The molecule has 0 aliphatic heterocycles. The maximum atomic E-state index is 2.42. The average Bonchev–Trinajstić information content (AvgIpc) is 2.29. The summed E-state index contributed by atoms with van der Waals surface area (Å²) in [5, 5.41) is 0. The largest absolute Gasteiger partial charge is 0.0807 e. The molecule has 0 nitrogen and oxygen atoms in total. The van der Waals surface area contributed by atoms with Crippen molar-refractivity contribution in [2.45, 2.75) is 52.9 Å². The molecule has 0 atom stereocenters. The predicted molar refractivity (Wildman–Crippen MR) is 76.0 cm³/mol. The molecule has 0 amide bonds. The van der Waals surface area contributed by atoms with Gasteiger partial charge in [-0.3, -0.25) is 0 Å². The number of benzene rings is 1. The van der Waals surface area contributed by atoms with E-state index in [4.69, 9.17) is 0 Å². The molecule has 92 valence electrons. The lowest BCUT2D eigenvalue weighted by Gasteiger charge is -2.19. The van der Waals surface area contributed by atoms with Crippen LogP contribution in [-0.2, 0) is 6.42 Å². The Morgan fingerprint density at radius 2 is 1.71 bits per heavy atom. The monoisotopic (exact) mass is 228 g/mol. The Hall–Kier alpha value is -1.04. The average molecular weight is 228 g/mol. The fraction of sp³-hybridized carbons (Fsp3) is 0.529. The van der Waals surface area contributed by atoms with E-state index in [0.29, 0.717) is 5.41 Å². The minimum absolute atomic E-state index is 0.381. The maximum Gasteiger partial charge on any atom is -0.0228 e. The molecule has 0 saturated heterocycles. The molecule has 17 heavy (non-hydrogen) atoms. The summed E-state index contributed by atoms with van der Waals surface area (Å²) in [5.41, 5.74) is 4.82. The molecule has 1 aromatic carbocycles. The summed E-state index contributed by atoms with van der Waals surface area (Å²) in [6.45, 7) is 6.89. The van der Waals surface area contributed by atoms with E-state index in [9.17, 15) is 0 Å². The number of hydrogen-bond acceptors (Lipinski definition) is 0. The first-order valence-electron chi connectivity index (χ1n) is 6.83. The lowest BCUT2D eigenvalue weighted by Crippen LogP contribution is -2.08. The van der Waals surface area contributed by atoms with Crippen LogP contribution in [0.25, 0.3) is 5.57 Å². The van der Waals surface area contributed by atoms with Gasteiger partial charge in [-0.25, -0.2) is 0 Å². The van der Waals surface area contributed by atoms with E-state index in [1.807, 2.05) is 0 Å². The van der Waals surface area contributed by atoms with Crippen LogP contribution in [0.2, 0.25) is 0 Å². The second kappa shape index (κ2) is 5.08. The third kappa shape index (κ3) is 3.73. The molecule has 1 aromatic rings. The minimum Gasteiger partial charge on any atom is -0.0807 e. The summed E-state index contributed by atoms with van der Waals surface area (Å²) in [5.74, 6) is 0. The first-order chi connectivity index (χ1) is 8.04. The van der Waals surface area contributed by atoms with Crippen LogP contribution in [0.15, 0.2) is 30.3 Å². The summed E-state index contributed by atoms with van der Waals surface area (Å²) in [6, 6.07) is 9.21. The van der Waals surface area contributed by atoms with Gasteiger partial charge in [0.1, 0.15) is 0 Å². The molecule has 0 N–H and O–H groups in total. The molecule has 0 radical (unpaired) electrons. The van der Waals surface area contributed by atoms with Gasteiger partial charge >= 0.3 is 0 Å². The fourth-order valence-corrected chi connectivity index (χ4v) is 2.55. The molecule has 0 saturated carbocycles. The van der Waals surface area contributed by atoms with Gasteiger partial charge in [0.15, 0.2) is 0 Å². The van der Waals surface area contributed by atoms with Crippen LogP contribution in [0.4, 0.5) is 0 Å². The van der Waals surface area contributed by atoms with Crippen molar-refractivity contribution in [3.05, 3.63) is 41.5 Å². The third-order valence-electron chi connectivity index (χ3n) is 3.35. The van der Waals surface area contributed by atoms with Gasteiger partial charge < -0.3 is 0 Å². The number of rotatable bonds is 2. The van der Waals surface area contributed by atoms with Crippen molar-refractivity contribution in [1.29, 1.82) is 0 Å². The topological polar surface area (TPSA) is 0 Å². The molecular weight excluding hydrogens is 204 g/mol. The van der Waals surface area contributed by atoms with Crippen molar-refractivity contribution in [3.8, 4) is 0 Å². The van der Waals surface area contributed by atoms with Gasteiger partial charge in [-0.05, 0) is 54.2 Å². The lowest BCUT2D eigenvalue weighted by atomic mass is 9.87. The third-order valence-corrected chi connectivity index (χ3v) is 3.35. The first-order valence-corrected chi connectivity index (χ1v) is 6.83. The summed E-state index contributed by atoms with van der Waals surface area (Å²) >= 11 is 0. The maximum absolute atomic E-state index is 2.42. The standard InChI is InChI=1S/C17H24/c1-17(2,3)13-14-9-11-16(12-10-14)15-7-5-4-6-8-15/h7,9-12H,4-6,8,13H2,1-3H3. The Morgan fingerprint density at radius 3 is 2.24 bits per heavy atom. The highest BCUT2D eigenvalue weighted by molar-refractivity contribution is 5.66. The lowest BCUT2D eigenvalue weighted by molar-refractivity contribution is 0.411. The summed E-state index contributed by atoms with van der Waals surface area (Å²) in [6.07, 6.45) is 8.83. The van der Waals surface area contributed by atoms with Gasteiger partial charge in [-0.1, -0.05) is 51.1 Å². The van der Waals surface area contributed by atoms with E-state index < -0.39 is 0 Å². The zero-order chi connectivity index (χ0) is 12.3. The number of allylic oxidation sites excluding steroid dienone is 2. The van der Waals surface area contributed by atoms with Crippen molar-refractivity contribution in [2.24, 2.45) is 5.41 Å². The Bertz CT molecular complexity index is 387. The molecular formula is C17H24.